The Balaban J connectivity index is 1.50. The monoisotopic (exact) mass is 430 g/mol. The van der Waals surface area contributed by atoms with E-state index in [9.17, 15) is 0 Å². The second kappa shape index (κ2) is 8.88. The van der Waals surface area contributed by atoms with Gasteiger partial charge in [-0.1, -0.05) is 6.07 Å². The third kappa shape index (κ3) is 4.11. The molecule has 7 heteroatoms. The first kappa shape index (κ1) is 20.3. The summed E-state index contributed by atoms with van der Waals surface area (Å²) in [5.74, 6) is 2.06. The molecular formula is C25H26N4O3. The number of hydrogen-bond acceptors (Lipinski definition) is 6. The molecule has 0 unspecified atom stereocenters. The van der Waals surface area contributed by atoms with Crippen LogP contribution in [0.25, 0.3) is 33.3 Å². The van der Waals surface area contributed by atoms with Crippen molar-refractivity contribution in [3.05, 3.63) is 55.0 Å². The highest BCUT2D eigenvalue weighted by molar-refractivity contribution is 5.97. The third-order valence-corrected chi connectivity index (χ3v) is 5.79. The number of nitrogens with one attached hydrogen (secondary N) is 2. The second-order valence-electron chi connectivity index (χ2n) is 7.89. The molecular weight excluding hydrogens is 404 g/mol. The van der Waals surface area contributed by atoms with Gasteiger partial charge in [0.25, 0.3) is 0 Å². The highest BCUT2D eigenvalue weighted by Gasteiger charge is 2.16. The Hall–Kier alpha value is -3.58. The van der Waals surface area contributed by atoms with E-state index in [4.69, 9.17) is 19.2 Å². The molecule has 2 N–H and O–H groups in total. The number of aromatic nitrogens is 3. The minimum Gasteiger partial charge on any atom is -0.497 e. The maximum absolute atomic E-state index is 6.08. The molecule has 2 aromatic carbocycles. The van der Waals surface area contributed by atoms with Crippen molar-refractivity contribution in [2.24, 2.45) is 0 Å². The molecule has 1 aliphatic rings. The van der Waals surface area contributed by atoms with Crippen LogP contribution in [0, 0.1) is 0 Å². The summed E-state index contributed by atoms with van der Waals surface area (Å²) in [5.41, 5.74) is 4.87. The molecule has 0 aliphatic carbocycles. The standard InChI is InChI=1S/C25H26N4O3/c1-30-19-8-17(9-20(11-19)31-2)16-5-6-23-21(10-16)22(13-28-23)24-14-27-15-25(29-24)32-18-4-3-7-26-12-18/h5-6,8-11,13-15,18,26,28H,3-4,7,12H2,1-2H3/t18-/m1/s1. The third-order valence-electron chi connectivity index (χ3n) is 5.79. The summed E-state index contributed by atoms with van der Waals surface area (Å²) >= 11 is 0. The van der Waals surface area contributed by atoms with Gasteiger partial charge in [-0.3, -0.25) is 4.98 Å². The van der Waals surface area contributed by atoms with Gasteiger partial charge in [0.05, 0.1) is 32.3 Å². The topological polar surface area (TPSA) is 81.3 Å². The lowest BCUT2D eigenvalue weighted by atomic mass is 10.0. The average Bonchev–Trinajstić information content (AvgIpc) is 3.28. The van der Waals surface area contributed by atoms with E-state index >= 15 is 0 Å². The van der Waals surface area contributed by atoms with Crippen molar-refractivity contribution in [1.82, 2.24) is 20.3 Å². The molecule has 7 nitrogen and oxygen atoms in total. The van der Waals surface area contributed by atoms with Crippen LogP contribution >= 0.6 is 0 Å². The van der Waals surface area contributed by atoms with Crippen LogP contribution in [0.3, 0.4) is 0 Å². The number of fused-ring (bicyclic) bond motifs is 1. The lowest BCUT2D eigenvalue weighted by Gasteiger charge is -2.23. The Labute approximate surface area is 186 Å². The van der Waals surface area contributed by atoms with Gasteiger partial charge in [0, 0.05) is 35.3 Å². The fourth-order valence-electron chi connectivity index (χ4n) is 4.11. The minimum absolute atomic E-state index is 0.130. The number of ether oxygens (including phenoxy) is 3. The summed E-state index contributed by atoms with van der Waals surface area (Å²) in [6.07, 6.45) is 7.69. The number of hydrogen-bond donors (Lipinski definition) is 2. The maximum Gasteiger partial charge on any atom is 0.233 e. The molecule has 1 atom stereocenters. The van der Waals surface area contributed by atoms with Gasteiger partial charge in [0.1, 0.15) is 17.6 Å². The first-order valence-electron chi connectivity index (χ1n) is 10.8. The smallest absolute Gasteiger partial charge is 0.233 e. The van der Waals surface area contributed by atoms with Gasteiger partial charge >= 0.3 is 0 Å². The quantitative estimate of drug-likeness (QED) is 0.471. The van der Waals surface area contributed by atoms with E-state index in [1.165, 1.54) is 0 Å². The largest absolute Gasteiger partial charge is 0.497 e. The van der Waals surface area contributed by atoms with Gasteiger partial charge in [0.15, 0.2) is 0 Å². The number of H-pyrrole nitrogens is 1. The number of nitrogens with zero attached hydrogens (tertiary/aromatic N) is 2. The Morgan fingerprint density at radius 1 is 0.969 bits per heavy atom. The van der Waals surface area contributed by atoms with Crippen LogP contribution in [0.5, 0.6) is 17.4 Å². The summed E-state index contributed by atoms with van der Waals surface area (Å²) < 4.78 is 17.0. The normalized spacial score (nSPS) is 16.1. The highest BCUT2D eigenvalue weighted by atomic mass is 16.5. The number of rotatable bonds is 6. The fourth-order valence-corrected chi connectivity index (χ4v) is 4.11. The van der Waals surface area contributed by atoms with Crippen LogP contribution in [-0.4, -0.2) is 48.4 Å². The molecule has 2 aromatic heterocycles. The SMILES string of the molecule is COc1cc(OC)cc(-c2ccc3[nH]cc(-c4cncc(O[C@@H]5CCCNC5)n4)c3c2)c1. The molecule has 164 valence electrons. The zero-order valence-corrected chi connectivity index (χ0v) is 18.2. The van der Waals surface area contributed by atoms with Crippen LogP contribution in [0.4, 0.5) is 0 Å². The zero-order chi connectivity index (χ0) is 21.9. The Morgan fingerprint density at radius 3 is 2.56 bits per heavy atom. The van der Waals surface area contributed by atoms with Gasteiger partial charge in [-0.05, 0) is 54.8 Å². The van der Waals surface area contributed by atoms with E-state index in [0.29, 0.717) is 5.88 Å². The van der Waals surface area contributed by atoms with Gasteiger partial charge in [-0.15, -0.1) is 0 Å². The van der Waals surface area contributed by atoms with E-state index in [-0.39, 0.29) is 6.10 Å². The molecule has 0 radical (unpaired) electrons. The molecule has 0 spiro atoms. The lowest BCUT2D eigenvalue weighted by molar-refractivity contribution is 0.160. The van der Waals surface area contributed by atoms with Crippen LogP contribution < -0.4 is 19.5 Å². The van der Waals surface area contributed by atoms with Gasteiger partial charge < -0.3 is 24.5 Å². The summed E-state index contributed by atoms with van der Waals surface area (Å²) in [6.45, 7) is 1.88. The van der Waals surface area contributed by atoms with Gasteiger partial charge in [-0.2, -0.15) is 0 Å². The summed E-state index contributed by atoms with van der Waals surface area (Å²) in [4.78, 5) is 12.5. The molecule has 3 heterocycles. The second-order valence-corrected chi connectivity index (χ2v) is 7.89. The van der Waals surface area contributed by atoms with Crippen molar-refractivity contribution in [2.75, 3.05) is 27.3 Å². The molecule has 0 saturated carbocycles. The van der Waals surface area contributed by atoms with Crippen LogP contribution in [0.2, 0.25) is 0 Å². The zero-order valence-electron chi connectivity index (χ0n) is 18.2. The number of aromatic amines is 1. The molecule has 1 saturated heterocycles. The van der Waals surface area contributed by atoms with Crippen molar-refractivity contribution in [1.29, 1.82) is 0 Å². The van der Waals surface area contributed by atoms with Crippen molar-refractivity contribution < 1.29 is 14.2 Å². The lowest BCUT2D eigenvalue weighted by Crippen LogP contribution is -2.37. The van der Waals surface area contributed by atoms with Crippen molar-refractivity contribution in [3.63, 3.8) is 0 Å². The van der Waals surface area contributed by atoms with Crippen LogP contribution in [0.1, 0.15) is 12.8 Å². The summed E-state index contributed by atoms with van der Waals surface area (Å²) in [7, 11) is 3.31. The predicted octanol–water partition coefficient (Wildman–Crippen LogP) is 4.44. The molecule has 0 bridgehead atoms. The molecule has 32 heavy (non-hydrogen) atoms. The van der Waals surface area contributed by atoms with Crippen LogP contribution in [0.15, 0.2) is 55.0 Å². The van der Waals surface area contributed by atoms with E-state index in [1.54, 1.807) is 26.6 Å². The number of methoxy groups -OCH3 is 2. The first-order chi connectivity index (χ1) is 15.7. The van der Waals surface area contributed by atoms with E-state index in [1.807, 2.05) is 24.4 Å². The summed E-state index contributed by atoms with van der Waals surface area (Å²) in [5, 5.41) is 4.43. The van der Waals surface area contributed by atoms with Crippen LogP contribution in [-0.2, 0) is 0 Å². The molecule has 5 rings (SSSR count). The first-order valence-corrected chi connectivity index (χ1v) is 10.8. The minimum atomic E-state index is 0.130. The number of piperidine rings is 1. The molecule has 1 aliphatic heterocycles. The average molecular weight is 431 g/mol. The predicted molar refractivity (Wildman–Crippen MR) is 124 cm³/mol. The maximum atomic E-state index is 6.08. The van der Waals surface area contributed by atoms with E-state index in [2.05, 4.69) is 33.5 Å². The van der Waals surface area contributed by atoms with Gasteiger partial charge in [-0.25, -0.2) is 4.98 Å². The number of benzene rings is 2. The Morgan fingerprint density at radius 2 is 1.81 bits per heavy atom. The molecule has 0 amide bonds. The van der Waals surface area contributed by atoms with Crippen molar-refractivity contribution in [3.8, 4) is 39.8 Å². The highest BCUT2D eigenvalue weighted by Crippen LogP contribution is 2.34. The Kier molecular flexibility index (Phi) is 5.64. The Bertz CT molecular complexity index is 1210. The fraction of sp³-hybridized carbons (Fsp3) is 0.280. The summed E-state index contributed by atoms with van der Waals surface area (Å²) in [6, 6.07) is 12.2. The van der Waals surface area contributed by atoms with Crippen molar-refractivity contribution >= 4 is 10.9 Å². The van der Waals surface area contributed by atoms with E-state index in [0.717, 1.165) is 70.7 Å². The van der Waals surface area contributed by atoms with E-state index < -0.39 is 0 Å². The van der Waals surface area contributed by atoms with Crippen molar-refractivity contribution in [2.45, 2.75) is 18.9 Å². The molecule has 1 fully saturated rings. The van der Waals surface area contributed by atoms with Gasteiger partial charge in [0.2, 0.25) is 5.88 Å². The molecule has 4 aromatic rings.